The van der Waals surface area contributed by atoms with Crippen LogP contribution < -0.4 is 5.32 Å². The minimum atomic E-state index is -4.57. The van der Waals surface area contributed by atoms with Crippen molar-refractivity contribution in [2.75, 3.05) is 13.1 Å². The van der Waals surface area contributed by atoms with Crippen LogP contribution in [0.5, 0.6) is 0 Å². The standard InChI is InChI=1S/C15H15F3N2O2/c16-15(17,18)11-4-2-1-3-10(11)12-13(21)19-7-8-20(12)14(22)9-5-6-9/h1-4,9,12H,5-8H2,(H,19,21). The van der Waals surface area contributed by atoms with E-state index in [0.717, 1.165) is 18.9 Å². The van der Waals surface area contributed by atoms with Crippen molar-refractivity contribution in [3.8, 4) is 0 Å². The van der Waals surface area contributed by atoms with E-state index in [0.29, 0.717) is 0 Å². The molecule has 2 fully saturated rings. The van der Waals surface area contributed by atoms with Crippen molar-refractivity contribution in [2.24, 2.45) is 5.92 Å². The number of halogens is 3. The predicted octanol–water partition coefficient (Wildman–Crippen LogP) is 2.11. The van der Waals surface area contributed by atoms with Gasteiger partial charge in [0.1, 0.15) is 6.04 Å². The molecule has 1 saturated heterocycles. The van der Waals surface area contributed by atoms with Crippen molar-refractivity contribution in [1.82, 2.24) is 10.2 Å². The van der Waals surface area contributed by atoms with Crippen molar-refractivity contribution in [2.45, 2.75) is 25.1 Å². The first-order valence-electron chi connectivity index (χ1n) is 7.14. The summed E-state index contributed by atoms with van der Waals surface area (Å²) >= 11 is 0. The first-order chi connectivity index (χ1) is 10.4. The fraction of sp³-hybridized carbons (Fsp3) is 0.467. The van der Waals surface area contributed by atoms with E-state index in [1.165, 1.54) is 23.1 Å². The van der Waals surface area contributed by atoms with Gasteiger partial charge in [-0.25, -0.2) is 0 Å². The van der Waals surface area contributed by atoms with Crippen LogP contribution in [0.3, 0.4) is 0 Å². The zero-order valence-electron chi connectivity index (χ0n) is 11.7. The Bertz CT molecular complexity index is 611. The summed E-state index contributed by atoms with van der Waals surface area (Å²) in [5.41, 5.74) is -1.04. The fourth-order valence-corrected chi connectivity index (χ4v) is 2.77. The van der Waals surface area contributed by atoms with Gasteiger partial charge in [0, 0.05) is 19.0 Å². The van der Waals surface area contributed by atoms with E-state index in [2.05, 4.69) is 5.32 Å². The maximum absolute atomic E-state index is 13.2. The van der Waals surface area contributed by atoms with Gasteiger partial charge in [0.2, 0.25) is 11.8 Å². The van der Waals surface area contributed by atoms with Crippen molar-refractivity contribution >= 4 is 11.8 Å². The summed E-state index contributed by atoms with van der Waals surface area (Å²) in [6.07, 6.45) is -3.09. The highest BCUT2D eigenvalue weighted by molar-refractivity contribution is 5.91. The van der Waals surface area contributed by atoms with E-state index in [-0.39, 0.29) is 30.5 Å². The average Bonchev–Trinajstić information content (AvgIpc) is 3.30. The lowest BCUT2D eigenvalue weighted by atomic mass is 9.96. The van der Waals surface area contributed by atoms with Crippen molar-refractivity contribution in [1.29, 1.82) is 0 Å². The number of amides is 2. The van der Waals surface area contributed by atoms with E-state index in [4.69, 9.17) is 0 Å². The van der Waals surface area contributed by atoms with Crippen LogP contribution in [0.1, 0.15) is 30.0 Å². The number of piperazine rings is 1. The lowest BCUT2D eigenvalue weighted by molar-refractivity contribution is -0.147. The smallest absolute Gasteiger partial charge is 0.352 e. The van der Waals surface area contributed by atoms with E-state index in [1.54, 1.807) is 0 Å². The van der Waals surface area contributed by atoms with Gasteiger partial charge in [-0.2, -0.15) is 13.2 Å². The Morgan fingerprint density at radius 1 is 1.23 bits per heavy atom. The Balaban J connectivity index is 2.02. The molecule has 2 aliphatic rings. The molecule has 1 aliphatic carbocycles. The van der Waals surface area contributed by atoms with Gasteiger partial charge in [-0.15, -0.1) is 0 Å². The molecule has 0 bridgehead atoms. The second-order valence-electron chi connectivity index (χ2n) is 5.58. The van der Waals surface area contributed by atoms with Crippen LogP contribution in [0.15, 0.2) is 24.3 Å². The van der Waals surface area contributed by atoms with E-state index in [1.807, 2.05) is 0 Å². The minimum absolute atomic E-state index is 0.147. The number of carbonyl (C=O) groups excluding carboxylic acids is 2. The van der Waals surface area contributed by atoms with Gasteiger partial charge >= 0.3 is 6.18 Å². The molecule has 1 unspecified atom stereocenters. The Morgan fingerprint density at radius 2 is 1.91 bits per heavy atom. The number of hydrogen-bond acceptors (Lipinski definition) is 2. The lowest BCUT2D eigenvalue weighted by Gasteiger charge is -2.36. The summed E-state index contributed by atoms with van der Waals surface area (Å²) in [4.78, 5) is 25.8. The van der Waals surface area contributed by atoms with Gasteiger partial charge < -0.3 is 10.2 Å². The SMILES string of the molecule is O=C1NCCN(C(=O)C2CC2)C1c1ccccc1C(F)(F)F. The van der Waals surface area contributed by atoms with Crippen LogP contribution in [0.4, 0.5) is 13.2 Å². The summed E-state index contributed by atoms with van der Waals surface area (Å²) in [7, 11) is 0. The van der Waals surface area contributed by atoms with Crippen LogP contribution in [0.2, 0.25) is 0 Å². The third-order valence-electron chi connectivity index (χ3n) is 3.98. The van der Waals surface area contributed by atoms with E-state index < -0.39 is 23.7 Å². The molecule has 2 amide bonds. The third kappa shape index (κ3) is 2.67. The van der Waals surface area contributed by atoms with Gasteiger partial charge in [0.25, 0.3) is 0 Å². The number of nitrogens with zero attached hydrogens (tertiary/aromatic N) is 1. The number of carbonyl (C=O) groups is 2. The Kier molecular flexibility index (Phi) is 3.58. The number of alkyl halides is 3. The second-order valence-corrected chi connectivity index (χ2v) is 5.58. The first kappa shape index (κ1) is 14.9. The zero-order chi connectivity index (χ0) is 15.9. The molecule has 0 radical (unpaired) electrons. The summed E-state index contributed by atoms with van der Waals surface area (Å²) in [6.45, 7) is 0.500. The Morgan fingerprint density at radius 3 is 2.55 bits per heavy atom. The van der Waals surface area contributed by atoms with Crippen LogP contribution in [0, 0.1) is 5.92 Å². The topological polar surface area (TPSA) is 49.4 Å². The molecule has 3 rings (SSSR count). The van der Waals surface area contributed by atoms with E-state index >= 15 is 0 Å². The normalized spacial score (nSPS) is 22.4. The average molecular weight is 312 g/mol. The maximum atomic E-state index is 13.2. The van der Waals surface area contributed by atoms with Crippen molar-refractivity contribution in [3.63, 3.8) is 0 Å². The highest BCUT2D eigenvalue weighted by atomic mass is 19.4. The minimum Gasteiger partial charge on any atom is -0.352 e. The van der Waals surface area contributed by atoms with Crippen LogP contribution in [-0.2, 0) is 15.8 Å². The van der Waals surface area contributed by atoms with Crippen molar-refractivity contribution < 1.29 is 22.8 Å². The van der Waals surface area contributed by atoms with Gasteiger partial charge in [-0.05, 0) is 24.5 Å². The summed E-state index contributed by atoms with van der Waals surface area (Å²) in [6, 6.07) is 3.73. The van der Waals surface area contributed by atoms with Gasteiger partial charge in [-0.1, -0.05) is 18.2 Å². The summed E-state index contributed by atoms with van der Waals surface area (Å²) in [5, 5.41) is 2.55. The molecule has 1 atom stereocenters. The maximum Gasteiger partial charge on any atom is 0.416 e. The van der Waals surface area contributed by atoms with Crippen LogP contribution in [0.25, 0.3) is 0 Å². The highest BCUT2D eigenvalue weighted by Gasteiger charge is 2.44. The molecule has 1 saturated carbocycles. The molecule has 118 valence electrons. The molecule has 4 nitrogen and oxygen atoms in total. The quantitative estimate of drug-likeness (QED) is 0.909. The van der Waals surface area contributed by atoms with E-state index in [9.17, 15) is 22.8 Å². The number of rotatable bonds is 2. The van der Waals surface area contributed by atoms with Gasteiger partial charge in [0.05, 0.1) is 5.56 Å². The molecular weight excluding hydrogens is 297 g/mol. The molecule has 1 heterocycles. The van der Waals surface area contributed by atoms with Crippen molar-refractivity contribution in [3.05, 3.63) is 35.4 Å². The molecule has 0 spiro atoms. The van der Waals surface area contributed by atoms with Crippen LogP contribution in [-0.4, -0.2) is 29.8 Å². The molecule has 7 heteroatoms. The monoisotopic (exact) mass is 312 g/mol. The molecule has 1 aliphatic heterocycles. The van der Waals surface area contributed by atoms with Gasteiger partial charge in [-0.3, -0.25) is 9.59 Å². The summed E-state index contributed by atoms with van der Waals surface area (Å²) < 4.78 is 39.6. The van der Waals surface area contributed by atoms with Gasteiger partial charge in [0.15, 0.2) is 0 Å². The number of nitrogens with one attached hydrogen (secondary N) is 1. The Labute approximate surface area is 125 Å². The third-order valence-corrected chi connectivity index (χ3v) is 3.98. The molecule has 22 heavy (non-hydrogen) atoms. The lowest BCUT2D eigenvalue weighted by Crippen LogP contribution is -2.53. The molecule has 1 aromatic carbocycles. The number of benzene rings is 1. The highest BCUT2D eigenvalue weighted by Crippen LogP contribution is 2.39. The second kappa shape index (κ2) is 5.30. The zero-order valence-corrected chi connectivity index (χ0v) is 11.7. The Hall–Kier alpha value is -2.05. The fourth-order valence-electron chi connectivity index (χ4n) is 2.77. The largest absolute Gasteiger partial charge is 0.416 e. The molecule has 1 aromatic rings. The molecule has 0 aromatic heterocycles. The predicted molar refractivity (Wildman–Crippen MR) is 71.6 cm³/mol. The summed E-state index contributed by atoms with van der Waals surface area (Å²) in [5.74, 6) is -0.930. The number of hydrogen-bond donors (Lipinski definition) is 1. The molecule has 1 N–H and O–H groups in total. The molecular formula is C15H15F3N2O2. The van der Waals surface area contributed by atoms with Crippen LogP contribution >= 0.6 is 0 Å². The first-order valence-corrected chi connectivity index (χ1v) is 7.14.